The standard InChI is InChI=1S/C75H145N2O7P/c1-7-10-13-16-19-22-25-28-30-32-34-36-37-38-39-41-43-45-47-50-53-56-59-62-65-68-75(79)84-73(66-63-60-57-54-51-48-27-24-21-18-15-12-9-3)72(71-83-85(80,81)82-70-69-77(4,5)6)76-74(78)67-64-61-58-55-52-49-46-44-42-40-35-33-31-29-26-23-20-17-14-11-8-2/h28-31,63,66,72-73H,7-27,32-62,64-65,67-71H2,1-6H3,(H-,76,78,80,81)/b30-28+,31-29+,66-63+. The van der Waals surface area contributed by atoms with Crippen LogP contribution in [0.3, 0.4) is 0 Å². The second-order valence-corrected chi connectivity index (χ2v) is 28.2. The summed E-state index contributed by atoms with van der Waals surface area (Å²) in [5.74, 6) is -0.520. The summed E-state index contributed by atoms with van der Waals surface area (Å²) < 4.78 is 30.5. The van der Waals surface area contributed by atoms with Gasteiger partial charge in [0, 0.05) is 12.8 Å². The summed E-state index contributed by atoms with van der Waals surface area (Å²) in [5, 5.41) is 3.05. The van der Waals surface area contributed by atoms with E-state index in [-0.39, 0.29) is 31.5 Å². The zero-order chi connectivity index (χ0) is 62.1. The summed E-state index contributed by atoms with van der Waals surface area (Å²) in [6, 6.07) is -0.886. The van der Waals surface area contributed by atoms with Crippen molar-refractivity contribution < 1.29 is 37.3 Å². The fraction of sp³-hybridized carbons (Fsp3) is 0.893. The molecule has 1 N–H and O–H groups in total. The maximum atomic E-state index is 13.6. The third-order valence-electron chi connectivity index (χ3n) is 17.0. The Hall–Kier alpha value is -1.77. The molecule has 0 aromatic carbocycles. The van der Waals surface area contributed by atoms with Crippen molar-refractivity contribution >= 4 is 19.7 Å². The number of hydrogen-bond acceptors (Lipinski definition) is 7. The molecule has 0 spiro atoms. The summed E-state index contributed by atoms with van der Waals surface area (Å²) in [6.45, 7) is 6.90. The molecule has 0 aromatic heterocycles. The van der Waals surface area contributed by atoms with Gasteiger partial charge in [-0.15, -0.1) is 0 Å². The van der Waals surface area contributed by atoms with Crippen molar-refractivity contribution in [2.75, 3.05) is 40.9 Å². The largest absolute Gasteiger partial charge is 0.756 e. The van der Waals surface area contributed by atoms with E-state index in [9.17, 15) is 19.0 Å². The van der Waals surface area contributed by atoms with Crippen LogP contribution in [-0.2, 0) is 27.9 Å². The molecule has 0 radical (unpaired) electrons. The monoisotopic (exact) mass is 1220 g/mol. The van der Waals surface area contributed by atoms with Crippen LogP contribution in [0.5, 0.6) is 0 Å². The summed E-state index contributed by atoms with van der Waals surface area (Å²) in [7, 11) is 1.20. The van der Waals surface area contributed by atoms with E-state index in [2.05, 4.69) is 50.4 Å². The maximum Gasteiger partial charge on any atom is 0.306 e. The van der Waals surface area contributed by atoms with E-state index >= 15 is 0 Å². The Morgan fingerprint density at radius 1 is 0.400 bits per heavy atom. The predicted molar refractivity (Wildman–Crippen MR) is 367 cm³/mol. The Labute approximate surface area is 529 Å². The van der Waals surface area contributed by atoms with Gasteiger partial charge < -0.3 is 28.5 Å². The molecule has 0 saturated heterocycles. The van der Waals surface area contributed by atoms with Gasteiger partial charge in [-0.05, 0) is 83.1 Å². The number of carbonyl (C=O) groups is 2. The van der Waals surface area contributed by atoms with Crippen molar-refractivity contribution in [3.8, 4) is 0 Å². The average Bonchev–Trinajstić information content (AvgIpc) is 3.48. The second-order valence-electron chi connectivity index (χ2n) is 26.8. The molecular weight excluding hydrogens is 1070 g/mol. The minimum atomic E-state index is -4.70. The van der Waals surface area contributed by atoms with Crippen LogP contribution in [0, 0.1) is 0 Å². The SMILES string of the molecule is CCCCCCCC/C=C/CCCCCCCCCCCCCCCCCC(=O)OC(/C=C/CCCCCCCCCCCCC)C(COP(=O)([O-])OCC[N+](C)(C)C)NC(=O)CCCCCCCCCCCCC/C=C/CCCCCCCC. The third-order valence-corrected chi connectivity index (χ3v) is 18.0. The van der Waals surface area contributed by atoms with Crippen LogP contribution in [-0.4, -0.2) is 69.4 Å². The van der Waals surface area contributed by atoms with Gasteiger partial charge in [-0.2, -0.15) is 0 Å². The van der Waals surface area contributed by atoms with Gasteiger partial charge in [0.05, 0.1) is 33.8 Å². The maximum absolute atomic E-state index is 13.6. The first-order valence-corrected chi connectivity index (χ1v) is 38.8. The molecule has 502 valence electrons. The average molecular weight is 1220 g/mol. The van der Waals surface area contributed by atoms with E-state index in [1.807, 2.05) is 33.3 Å². The fourth-order valence-electron chi connectivity index (χ4n) is 11.3. The van der Waals surface area contributed by atoms with Crippen LogP contribution >= 0.6 is 7.82 Å². The number of carbonyl (C=O) groups excluding carboxylic acids is 2. The second kappa shape index (κ2) is 65.2. The van der Waals surface area contributed by atoms with E-state index in [1.54, 1.807) is 0 Å². The Balaban J connectivity index is 5.02. The molecule has 0 heterocycles. The lowest BCUT2D eigenvalue weighted by atomic mass is 10.0. The van der Waals surface area contributed by atoms with E-state index < -0.39 is 20.0 Å². The quantitative estimate of drug-likeness (QED) is 0.0212. The number of nitrogens with zero attached hydrogens (tertiary/aromatic N) is 1. The van der Waals surface area contributed by atoms with Crippen LogP contribution in [0.1, 0.15) is 380 Å². The number of phosphoric acid groups is 1. The van der Waals surface area contributed by atoms with E-state index in [0.29, 0.717) is 17.4 Å². The molecule has 85 heavy (non-hydrogen) atoms. The highest BCUT2D eigenvalue weighted by molar-refractivity contribution is 7.45. The van der Waals surface area contributed by atoms with Gasteiger partial charge in [0.1, 0.15) is 19.3 Å². The lowest BCUT2D eigenvalue weighted by Gasteiger charge is -2.30. The zero-order valence-electron chi connectivity index (χ0n) is 57.6. The molecule has 0 aliphatic carbocycles. The lowest BCUT2D eigenvalue weighted by molar-refractivity contribution is -0.870. The first-order valence-electron chi connectivity index (χ1n) is 37.3. The molecule has 0 bridgehead atoms. The van der Waals surface area contributed by atoms with Crippen LogP contribution in [0.15, 0.2) is 36.5 Å². The fourth-order valence-corrected chi connectivity index (χ4v) is 12.0. The Morgan fingerprint density at radius 3 is 1.00 bits per heavy atom. The van der Waals surface area contributed by atoms with Gasteiger partial charge >= 0.3 is 5.97 Å². The molecule has 9 nitrogen and oxygen atoms in total. The molecule has 0 aromatic rings. The highest BCUT2D eigenvalue weighted by atomic mass is 31.2. The molecule has 0 rings (SSSR count). The number of likely N-dealkylation sites (N-methyl/N-ethyl adjacent to an activating group) is 1. The molecule has 0 aliphatic rings. The Bertz CT molecular complexity index is 1550. The minimum absolute atomic E-state index is 0.0195. The first kappa shape index (κ1) is 83.2. The van der Waals surface area contributed by atoms with Gasteiger partial charge in [0.2, 0.25) is 5.91 Å². The van der Waals surface area contributed by atoms with Crippen molar-refractivity contribution in [2.45, 2.75) is 392 Å². The Morgan fingerprint density at radius 2 is 0.682 bits per heavy atom. The molecule has 0 fully saturated rings. The van der Waals surface area contributed by atoms with Gasteiger partial charge in [-0.3, -0.25) is 14.2 Å². The highest BCUT2D eigenvalue weighted by Gasteiger charge is 2.27. The van der Waals surface area contributed by atoms with Gasteiger partial charge in [-0.25, -0.2) is 0 Å². The summed E-state index contributed by atoms with van der Waals surface area (Å²) >= 11 is 0. The number of ether oxygens (including phenoxy) is 1. The Kier molecular flexibility index (Phi) is 63.8. The summed E-state index contributed by atoms with van der Waals surface area (Å²) in [6.07, 6.45) is 81.3. The van der Waals surface area contributed by atoms with Crippen molar-refractivity contribution in [3.63, 3.8) is 0 Å². The predicted octanol–water partition coefficient (Wildman–Crippen LogP) is 23.2. The van der Waals surface area contributed by atoms with Crippen molar-refractivity contribution in [1.29, 1.82) is 0 Å². The third kappa shape index (κ3) is 66.5. The molecule has 0 aliphatic heterocycles. The normalized spacial score (nSPS) is 13.6. The zero-order valence-corrected chi connectivity index (χ0v) is 58.5. The molecule has 1 amide bonds. The van der Waals surface area contributed by atoms with Crippen LogP contribution in [0.25, 0.3) is 0 Å². The molecular formula is C75H145N2O7P. The number of rotatable bonds is 69. The number of amides is 1. The number of hydrogen-bond donors (Lipinski definition) is 1. The van der Waals surface area contributed by atoms with Crippen LogP contribution in [0.2, 0.25) is 0 Å². The van der Waals surface area contributed by atoms with Crippen molar-refractivity contribution in [2.24, 2.45) is 0 Å². The highest BCUT2D eigenvalue weighted by Crippen LogP contribution is 2.38. The first-order chi connectivity index (χ1) is 41.4. The number of nitrogens with one attached hydrogen (secondary N) is 1. The molecule has 3 atom stereocenters. The number of quaternary nitrogens is 1. The lowest BCUT2D eigenvalue weighted by Crippen LogP contribution is -2.47. The number of phosphoric ester groups is 1. The van der Waals surface area contributed by atoms with E-state index in [0.717, 1.165) is 57.8 Å². The minimum Gasteiger partial charge on any atom is -0.756 e. The van der Waals surface area contributed by atoms with Gasteiger partial charge in [0.15, 0.2) is 0 Å². The van der Waals surface area contributed by atoms with Gasteiger partial charge in [-0.1, -0.05) is 321 Å². The number of allylic oxidation sites excluding steroid dienone is 5. The van der Waals surface area contributed by atoms with Gasteiger partial charge in [0.25, 0.3) is 7.82 Å². The van der Waals surface area contributed by atoms with E-state index in [1.165, 1.54) is 289 Å². The molecule has 0 saturated carbocycles. The van der Waals surface area contributed by atoms with Crippen LogP contribution in [0.4, 0.5) is 0 Å². The number of esters is 1. The van der Waals surface area contributed by atoms with Crippen molar-refractivity contribution in [1.82, 2.24) is 5.32 Å². The van der Waals surface area contributed by atoms with Crippen LogP contribution < -0.4 is 10.2 Å². The summed E-state index contributed by atoms with van der Waals surface area (Å²) in [4.78, 5) is 40.3. The van der Waals surface area contributed by atoms with E-state index in [4.69, 9.17) is 13.8 Å². The van der Waals surface area contributed by atoms with Crippen molar-refractivity contribution in [3.05, 3.63) is 36.5 Å². The topological polar surface area (TPSA) is 114 Å². The smallest absolute Gasteiger partial charge is 0.306 e. The summed E-state index contributed by atoms with van der Waals surface area (Å²) in [5.41, 5.74) is 0. The molecule has 10 heteroatoms. The molecule has 3 unspecified atom stereocenters. The number of unbranched alkanes of at least 4 members (excludes halogenated alkanes) is 49.